The average Bonchev–Trinajstić information content (AvgIpc) is 4.11. The number of imide groups is 1. The van der Waals surface area contributed by atoms with Gasteiger partial charge < -0.3 is 35.6 Å². The normalized spacial score (nSPS) is 24.4. The van der Waals surface area contributed by atoms with Crippen molar-refractivity contribution in [1.29, 1.82) is 0 Å². The molecule has 2 bridgehead atoms. The van der Waals surface area contributed by atoms with Crippen LogP contribution in [0, 0.1) is 29.6 Å². The molecule has 16 heteroatoms. The molecule has 0 aromatic heterocycles. The Bertz CT molecular complexity index is 2170. The van der Waals surface area contributed by atoms with E-state index >= 15 is 0 Å². The highest BCUT2D eigenvalue weighted by Gasteiger charge is 2.62. The maximum atomic E-state index is 14.9. The molecule has 2 aromatic rings. The zero-order valence-corrected chi connectivity index (χ0v) is 41.3. The molecule has 1 aliphatic carbocycles. The quantitative estimate of drug-likeness (QED) is 0.143. The van der Waals surface area contributed by atoms with Crippen LogP contribution in [-0.2, 0) is 56.0 Å². The minimum Gasteiger partial charge on any atom is -0.379 e. The molecule has 370 valence electrons. The Kier molecular flexibility index (Phi) is 17.0. The molecule has 2 saturated heterocycles. The molecule has 3 fully saturated rings. The first-order valence-electron chi connectivity index (χ1n) is 24.3. The first-order valence-corrected chi connectivity index (χ1v) is 24.3. The van der Waals surface area contributed by atoms with E-state index in [0.717, 1.165) is 36.1 Å². The smallest absolute Gasteiger partial charge is 0.253 e. The van der Waals surface area contributed by atoms with Crippen molar-refractivity contribution < 1.29 is 43.0 Å². The number of fused-ring (bicyclic) bond motifs is 2. The summed E-state index contributed by atoms with van der Waals surface area (Å²) in [7, 11) is 6.86. The van der Waals surface area contributed by atoms with Crippen LogP contribution in [0.1, 0.15) is 90.7 Å². The molecule has 4 N–H and O–H groups in total. The number of methoxy groups -OCH3 is 2. The Morgan fingerprint density at radius 2 is 1.56 bits per heavy atom. The minimum atomic E-state index is -0.972. The molecule has 6 rings (SSSR count). The number of carbonyl (C=O) groups excluding carboxylic acids is 7. The molecule has 3 heterocycles. The van der Waals surface area contributed by atoms with Gasteiger partial charge in [0.2, 0.25) is 29.5 Å². The predicted molar refractivity (Wildman–Crippen MR) is 257 cm³/mol. The lowest BCUT2D eigenvalue weighted by Crippen LogP contribution is -2.61. The van der Waals surface area contributed by atoms with Gasteiger partial charge in [-0.15, -0.1) is 0 Å². The van der Waals surface area contributed by atoms with Crippen LogP contribution in [0.3, 0.4) is 0 Å². The second kappa shape index (κ2) is 22.3. The summed E-state index contributed by atoms with van der Waals surface area (Å²) < 4.78 is 12.2. The van der Waals surface area contributed by atoms with E-state index in [4.69, 9.17) is 15.2 Å². The van der Waals surface area contributed by atoms with Crippen LogP contribution in [-0.4, -0.2) is 138 Å². The number of piperidine rings is 1. The number of hydrogen-bond acceptors (Lipinski definition) is 10. The summed E-state index contributed by atoms with van der Waals surface area (Å²) in [4.78, 5) is 101. The fourth-order valence-corrected chi connectivity index (χ4v) is 11.9. The summed E-state index contributed by atoms with van der Waals surface area (Å²) in [5, 5.41) is 5.90. The first kappa shape index (κ1) is 51.9. The van der Waals surface area contributed by atoms with Crippen LogP contribution >= 0.6 is 0 Å². The molecule has 1 saturated carbocycles. The number of benzene rings is 2. The van der Waals surface area contributed by atoms with Crippen molar-refractivity contribution in [2.75, 3.05) is 40.2 Å². The monoisotopic (exact) mass is 940 g/mol. The van der Waals surface area contributed by atoms with Crippen LogP contribution in [0.4, 0.5) is 5.69 Å². The molecule has 7 amide bonds. The van der Waals surface area contributed by atoms with E-state index < -0.39 is 65.6 Å². The van der Waals surface area contributed by atoms with Gasteiger partial charge in [0, 0.05) is 57.6 Å². The lowest BCUT2D eigenvalue weighted by molar-refractivity contribution is -0.153. The number of carbonyl (C=O) groups is 7. The second-order valence-electron chi connectivity index (χ2n) is 19.9. The van der Waals surface area contributed by atoms with Crippen molar-refractivity contribution in [2.45, 2.75) is 134 Å². The number of anilines is 1. The van der Waals surface area contributed by atoms with Crippen molar-refractivity contribution in [2.24, 2.45) is 35.3 Å². The summed E-state index contributed by atoms with van der Waals surface area (Å²) in [5.41, 5.74) is 7.41. The standard InChI is InChI=1S/C52H73N7O9/c1-10-32(4)45(56(6)51(66)44(31(2)3)52-25-24-36(29-52)46(48(53)63)57(52)7)40(67-8)28-43(62)58-26-14-17-39(58)47(68-9)33(5)49(64)55-38(27-34-15-12-11-13-16-34)50(65)54-37-20-18-35(19-21-37)30-59-41(60)22-23-42(59)61/h11-13,15-16,18-23,31-33,36,38-40,44-47H,10,14,17,24-30H2,1-9H3,(H2,53,63)(H,54,65)(H,55,64)/t32-,33+,36?,38-,39-,40+,44+,45-,46?,47+,52?/m0/s1. The zero-order chi connectivity index (χ0) is 49.6. The number of nitrogens with one attached hydrogen (secondary N) is 2. The molecule has 0 spiro atoms. The number of likely N-dealkylation sites (N-methyl/N-ethyl adjacent to an activating group) is 2. The Hall–Kier alpha value is -5.45. The number of nitrogens with zero attached hydrogens (tertiary/aromatic N) is 4. The van der Waals surface area contributed by atoms with Gasteiger partial charge >= 0.3 is 0 Å². The highest BCUT2D eigenvalue weighted by molar-refractivity contribution is 6.12. The van der Waals surface area contributed by atoms with Gasteiger partial charge in [-0.1, -0.05) is 83.5 Å². The van der Waals surface area contributed by atoms with E-state index in [-0.39, 0.29) is 66.7 Å². The molecular formula is C52H73N7O9. The molecule has 0 radical (unpaired) electrons. The van der Waals surface area contributed by atoms with Gasteiger partial charge in [-0.05, 0) is 80.2 Å². The Morgan fingerprint density at radius 1 is 0.897 bits per heavy atom. The average molecular weight is 940 g/mol. The fourth-order valence-electron chi connectivity index (χ4n) is 11.9. The van der Waals surface area contributed by atoms with E-state index in [1.807, 2.05) is 44.4 Å². The highest BCUT2D eigenvalue weighted by Crippen LogP contribution is 2.55. The van der Waals surface area contributed by atoms with E-state index in [2.05, 4.69) is 43.2 Å². The van der Waals surface area contributed by atoms with E-state index in [1.165, 1.54) is 19.3 Å². The summed E-state index contributed by atoms with van der Waals surface area (Å²) in [6.07, 6.45) is 5.76. The van der Waals surface area contributed by atoms with E-state index in [9.17, 15) is 33.6 Å². The molecule has 68 heavy (non-hydrogen) atoms. The van der Waals surface area contributed by atoms with Crippen molar-refractivity contribution in [3.63, 3.8) is 0 Å². The van der Waals surface area contributed by atoms with Crippen molar-refractivity contribution in [3.8, 4) is 0 Å². The van der Waals surface area contributed by atoms with Gasteiger partial charge in [0.25, 0.3) is 11.8 Å². The summed E-state index contributed by atoms with van der Waals surface area (Å²) in [6, 6.07) is 13.9. The summed E-state index contributed by atoms with van der Waals surface area (Å²) >= 11 is 0. The van der Waals surface area contributed by atoms with Crippen molar-refractivity contribution in [3.05, 3.63) is 77.9 Å². The third-order valence-electron chi connectivity index (χ3n) is 15.6. The van der Waals surface area contributed by atoms with Gasteiger partial charge in [0.15, 0.2) is 0 Å². The predicted octanol–water partition coefficient (Wildman–Crippen LogP) is 4.31. The maximum absolute atomic E-state index is 14.9. The van der Waals surface area contributed by atoms with E-state index in [1.54, 1.807) is 48.1 Å². The second-order valence-corrected chi connectivity index (χ2v) is 19.9. The summed E-state index contributed by atoms with van der Waals surface area (Å²) in [5.74, 6) is -3.28. The van der Waals surface area contributed by atoms with Crippen LogP contribution in [0.25, 0.3) is 0 Å². The Morgan fingerprint density at radius 3 is 2.13 bits per heavy atom. The molecule has 3 unspecified atom stereocenters. The number of primary amides is 1. The highest BCUT2D eigenvalue weighted by atomic mass is 16.5. The topological polar surface area (TPSA) is 201 Å². The largest absolute Gasteiger partial charge is 0.379 e. The fraction of sp³-hybridized carbons (Fsp3) is 0.596. The molecular weight excluding hydrogens is 867 g/mol. The van der Waals surface area contributed by atoms with Crippen LogP contribution in [0.15, 0.2) is 66.7 Å². The molecule has 2 aromatic carbocycles. The Labute approximate surface area is 401 Å². The first-order chi connectivity index (χ1) is 32.4. The maximum Gasteiger partial charge on any atom is 0.253 e. The number of ether oxygens (including phenoxy) is 2. The summed E-state index contributed by atoms with van der Waals surface area (Å²) in [6.45, 7) is 10.6. The third kappa shape index (κ3) is 10.9. The number of hydrogen-bond donors (Lipinski definition) is 3. The van der Waals surface area contributed by atoms with Crippen LogP contribution in [0.2, 0.25) is 0 Å². The number of nitrogens with two attached hydrogens (primary N) is 1. The molecule has 3 aliphatic heterocycles. The van der Waals surface area contributed by atoms with Gasteiger partial charge in [-0.2, -0.15) is 0 Å². The number of amides is 7. The SMILES string of the molecule is CC[C@H](C)[C@@H]([C@@H](CC(=O)N1CCC[C@H]1[C@H](OC)[C@@H](C)C(=O)N[C@@H](Cc1ccccc1)C(=O)Nc1ccc(CN2C(=O)C=CC2=O)cc1)OC)N(C)C(=O)[C@@H](C(C)C)C12CCC(C1)C(C(N)=O)N2C. The van der Waals surface area contributed by atoms with Gasteiger partial charge in [0.05, 0.1) is 55.1 Å². The van der Waals surface area contributed by atoms with Crippen molar-refractivity contribution in [1.82, 2.24) is 24.9 Å². The van der Waals surface area contributed by atoms with Gasteiger partial charge in [-0.3, -0.25) is 43.4 Å². The van der Waals surface area contributed by atoms with Crippen LogP contribution < -0.4 is 16.4 Å². The Balaban J connectivity index is 1.14. The molecule has 16 nitrogen and oxygen atoms in total. The van der Waals surface area contributed by atoms with Gasteiger partial charge in [-0.25, -0.2) is 0 Å². The lowest BCUT2D eigenvalue weighted by atomic mass is 9.74. The molecule has 4 aliphatic rings. The van der Waals surface area contributed by atoms with Gasteiger partial charge in [0.1, 0.15) is 6.04 Å². The molecule has 11 atom stereocenters. The lowest BCUT2D eigenvalue weighted by Gasteiger charge is -2.48. The minimum absolute atomic E-state index is 0.00582. The van der Waals surface area contributed by atoms with Crippen LogP contribution in [0.5, 0.6) is 0 Å². The van der Waals surface area contributed by atoms with Crippen molar-refractivity contribution >= 4 is 47.0 Å². The number of rotatable bonds is 22. The third-order valence-corrected chi connectivity index (χ3v) is 15.6. The van der Waals surface area contributed by atoms with E-state index in [0.29, 0.717) is 30.6 Å². The number of likely N-dealkylation sites (tertiary alicyclic amines) is 2. The zero-order valence-electron chi connectivity index (χ0n) is 41.3.